The number of allylic oxidation sites excluding steroid dienone is 7. The second-order valence-electron chi connectivity index (χ2n) is 15.5. The number of carbonyl (C=O) groups is 1. The Labute approximate surface area is 324 Å². The molecule has 4 nitrogen and oxygen atoms in total. The largest absolute Gasteiger partial charge is 0.394 e. The van der Waals surface area contributed by atoms with Crippen molar-refractivity contribution in [2.75, 3.05) is 6.61 Å². The predicted octanol–water partition coefficient (Wildman–Crippen LogP) is 14.4. The van der Waals surface area contributed by atoms with Gasteiger partial charge < -0.3 is 15.5 Å². The van der Waals surface area contributed by atoms with Crippen molar-refractivity contribution in [3.63, 3.8) is 0 Å². The van der Waals surface area contributed by atoms with Gasteiger partial charge in [0.05, 0.1) is 18.8 Å². The summed E-state index contributed by atoms with van der Waals surface area (Å²) in [5.74, 6) is -0.0679. The lowest BCUT2D eigenvalue weighted by molar-refractivity contribution is -0.123. The molecule has 0 bridgehead atoms. The monoisotopic (exact) mass is 728 g/mol. The Morgan fingerprint density at radius 1 is 0.462 bits per heavy atom. The van der Waals surface area contributed by atoms with Crippen molar-refractivity contribution in [3.05, 3.63) is 48.6 Å². The average molecular weight is 728 g/mol. The Kier molecular flexibility index (Phi) is 42.4. The van der Waals surface area contributed by atoms with Crippen molar-refractivity contribution in [2.24, 2.45) is 0 Å². The number of nitrogens with one attached hydrogen (secondary N) is 1. The van der Waals surface area contributed by atoms with E-state index in [9.17, 15) is 15.0 Å². The summed E-state index contributed by atoms with van der Waals surface area (Å²) in [6, 6.07) is -0.618. The third-order valence-electron chi connectivity index (χ3n) is 10.3. The van der Waals surface area contributed by atoms with E-state index in [1.807, 2.05) is 6.08 Å². The number of hydrogen-bond acceptors (Lipinski definition) is 3. The molecule has 0 heterocycles. The molecule has 0 aliphatic carbocycles. The minimum Gasteiger partial charge on any atom is -0.394 e. The third-order valence-corrected chi connectivity index (χ3v) is 10.3. The van der Waals surface area contributed by atoms with Crippen molar-refractivity contribution in [1.82, 2.24) is 5.32 Å². The summed E-state index contributed by atoms with van der Waals surface area (Å²) in [4.78, 5) is 12.3. The van der Waals surface area contributed by atoms with Crippen molar-refractivity contribution in [1.29, 1.82) is 0 Å². The van der Waals surface area contributed by atoms with E-state index in [0.717, 1.165) is 38.5 Å². The van der Waals surface area contributed by atoms with Crippen LogP contribution >= 0.6 is 0 Å². The summed E-state index contributed by atoms with van der Waals surface area (Å²) in [7, 11) is 0. The van der Waals surface area contributed by atoms with Gasteiger partial charge in [0.1, 0.15) is 0 Å². The highest BCUT2D eigenvalue weighted by Crippen LogP contribution is 2.15. The van der Waals surface area contributed by atoms with E-state index in [1.54, 1.807) is 6.08 Å². The van der Waals surface area contributed by atoms with Gasteiger partial charge in [-0.3, -0.25) is 4.79 Å². The summed E-state index contributed by atoms with van der Waals surface area (Å²) >= 11 is 0. The molecule has 0 saturated heterocycles. The lowest BCUT2D eigenvalue weighted by atomic mass is 10.0. The van der Waals surface area contributed by atoms with Gasteiger partial charge in [0.2, 0.25) is 5.91 Å². The molecule has 0 aromatic rings. The molecule has 1 amide bonds. The van der Waals surface area contributed by atoms with Crippen molar-refractivity contribution in [2.45, 2.75) is 244 Å². The fraction of sp³-hybridized carbons (Fsp3) is 0.812. The standard InChI is InChI=1S/C48H89NO3/c1-3-5-7-9-11-12-13-14-15-16-17-18-19-20-21-22-23-24-25-26-27-28-29-30-31-32-33-34-35-36-38-40-42-44-48(52)49-46(45-50)47(51)43-41-39-37-10-8-6-4-2/h13-14,16-17,19-20,41,43,46-47,50-51H,3-12,15,18,21-40,42,44-45H2,1-2H3,(H,49,52)/b14-13-,17-16-,20-19-,43-41+. The van der Waals surface area contributed by atoms with Gasteiger partial charge in [-0.1, -0.05) is 217 Å². The molecule has 0 saturated carbocycles. The number of hydrogen-bond donors (Lipinski definition) is 3. The maximum absolute atomic E-state index is 12.3. The fourth-order valence-electron chi connectivity index (χ4n) is 6.77. The Balaban J connectivity index is 3.41. The number of unbranched alkanes of at least 4 members (excludes halogenated alkanes) is 28. The number of carbonyl (C=O) groups excluding carboxylic acids is 1. The highest BCUT2D eigenvalue weighted by Gasteiger charge is 2.17. The zero-order valence-electron chi connectivity index (χ0n) is 34.8. The van der Waals surface area contributed by atoms with Crippen LogP contribution in [-0.2, 0) is 4.79 Å². The van der Waals surface area contributed by atoms with Gasteiger partial charge in [-0.2, -0.15) is 0 Å². The van der Waals surface area contributed by atoms with Crippen LogP contribution in [0.25, 0.3) is 0 Å². The first-order valence-corrected chi connectivity index (χ1v) is 22.9. The first-order valence-electron chi connectivity index (χ1n) is 22.9. The molecule has 0 aliphatic rings. The van der Waals surface area contributed by atoms with Crippen molar-refractivity contribution in [3.8, 4) is 0 Å². The van der Waals surface area contributed by atoms with E-state index in [0.29, 0.717) is 6.42 Å². The molecule has 4 heteroatoms. The molecule has 0 spiro atoms. The molecule has 0 aromatic carbocycles. The maximum Gasteiger partial charge on any atom is 0.220 e. The van der Waals surface area contributed by atoms with Gasteiger partial charge in [0, 0.05) is 6.42 Å². The Morgan fingerprint density at radius 2 is 0.788 bits per heavy atom. The number of rotatable bonds is 41. The lowest BCUT2D eigenvalue weighted by Gasteiger charge is -2.20. The molecule has 0 aromatic heterocycles. The van der Waals surface area contributed by atoms with Crippen molar-refractivity contribution >= 4 is 5.91 Å². The zero-order valence-corrected chi connectivity index (χ0v) is 34.8. The van der Waals surface area contributed by atoms with Crippen LogP contribution in [0.15, 0.2) is 48.6 Å². The van der Waals surface area contributed by atoms with E-state index in [1.165, 1.54) is 173 Å². The smallest absolute Gasteiger partial charge is 0.220 e. The summed E-state index contributed by atoms with van der Waals surface area (Å²) in [6.07, 6.45) is 59.7. The van der Waals surface area contributed by atoms with Crippen LogP contribution < -0.4 is 5.32 Å². The molecule has 304 valence electrons. The van der Waals surface area contributed by atoms with E-state index < -0.39 is 12.1 Å². The highest BCUT2D eigenvalue weighted by atomic mass is 16.3. The minimum absolute atomic E-state index is 0.0679. The second-order valence-corrected chi connectivity index (χ2v) is 15.5. The molecule has 0 radical (unpaired) electrons. The van der Waals surface area contributed by atoms with Crippen LogP contribution in [-0.4, -0.2) is 34.9 Å². The maximum atomic E-state index is 12.3. The second kappa shape index (κ2) is 43.8. The van der Waals surface area contributed by atoms with E-state index in [2.05, 4.69) is 55.6 Å². The first kappa shape index (κ1) is 50.4. The summed E-state index contributed by atoms with van der Waals surface area (Å²) in [5, 5.41) is 22.8. The normalized spacial score (nSPS) is 13.4. The SMILES string of the molecule is CCCCCCC/C=C\C/C=C\C/C=C\CCCCCCCCCCCCCCCCCCCCC(=O)NC(CO)C(O)/C=C/CCCCCCC. The van der Waals surface area contributed by atoms with Gasteiger partial charge in [0.15, 0.2) is 0 Å². The quantitative estimate of drug-likeness (QED) is 0.0434. The summed E-state index contributed by atoms with van der Waals surface area (Å²) in [6.45, 7) is 4.24. The van der Waals surface area contributed by atoms with Crippen LogP contribution in [0.3, 0.4) is 0 Å². The molecule has 2 atom stereocenters. The van der Waals surface area contributed by atoms with Crippen LogP contribution in [0.5, 0.6) is 0 Å². The van der Waals surface area contributed by atoms with Gasteiger partial charge in [-0.05, 0) is 57.8 Å². The van der Waals surface area contributed by atoms with Crippen LogP contribution in [0.1, 0.15) is 232 Å². The van der Waals surface area contributed by atoms with Crippen LogP contribution in [0.4, 0.5) is 0 Å². The number of aliphatic hydroxyl groups excluding tert-OH is 2. The Morgan fingerprint density at radius 3 is 1.17 bits per heavy atom. The topological polar surface area (TPSA) is 69.6 Å². The van der Waals surface area contributed by atoms with Gasteiger partial charge in [-0.15, -0.1) is 0 Å². The fourth-order valence-corrected chi connectivity index (χ4v) is 6.77. The Bertz CT molecular complexity index is 831. The summed E-state index contributed by atoms with van der Waals surface area (Å²) in [5.41, 5.74) is 0. The number of aliphatic hydroxyl groups is 2. The van der Waals surface area contributed by atoms with E-state index in [-0.39, 0.29) is 12.5 Å². The molecular weight excluding hydrogens is 639 g/mol. The highest BCUT2D eigenvalue weighted by molar-refractivity contribution is 5.76. The Hall–Kier alpha value is -1.65. The molecule has 3 N–H and O–H groups in total. The van der Waals surface area contributed by atoms with Crippen LogP contribution in [0.2, 0.25) is 0 Å². The van der Waals surface area contributed by atoms with Gasteiger partial charge in [0.25, 0.3) is 0 Å². The average Bonchev–Trinajstić information content (AvgIpc) is 3.15. The number of amides is 1. The molecule has 52 heavy (non-hydrogen) atoms. The predicted molar refractivity (Wildman–Crippen MR) is 230 cm³/mol. The van der Waals surface area contributed by atoms with E-state index in [4.69, 9.17) is 0 Å². The van der Waals surface area contributed by atoms with Crippen molar-refractivity contribution < 1.29 is 15.0 Å². The zero-order chi connectivity index (χ0) is 37.8. The van der Waals surface area contributed by atoms with Gasteiger partial charge in [-0.25, -0.2) is 0 Å². The molecule has 0 fully saturated rings. The lowest BCUT2D eigenvalue weighted by Crippen LogP contribution is -2.45. The van der Waals surface area contributed by atoms with E-state index >= 15 is 0 Å². The third kappa shape index (κ3) is 39.6. The molecular formula is C48H89NO3. The van der Waals surface area contributed by atoms with Crippen LogP contribution in [0, 0.1) is 0 Å². The molecule has 2 unspecified atom stereocenters. The minimum atomic E-state index is -0.835. The van der Waals surface area contributed by atoms with Gasteiger partial charge >= 0.3 is 0 Å². The molecule has 0 aliphatic heterocycles. The first-order chi connectivity index (χ1) is 25.7. The summed E-state index contributed by atoms with van der Waals surface area (Å²) < 4.78 is 0. The molecule has 0 rings (SSSR count).